The maximum atomic E-state index is 12.2. The summed E-state index contributed by atoms with van der Waals surface area (Å²) in [7, 11) is -3.43. The summed E-state index contributed by atoms with van der Waals surface area (Å²) in [5.41, 5.74) is 0. The lowest BCUT2D eigenvalue weighted by atomic mass is 10.2. The van der Waals surface area contributed by atoms with Crippen molar-refractivity contribution in [2.45, 2.75) is 44.0 Å². The Morgan fingerprint density at radius 3 is 2.57 bits per heavy atom. The summed E-state index contributed by atoms with van der Waals surface area (Å²) in [6.45, 7) is 6.27. The zero-order valence-electron chi connectivity index (χ0n) is 13.7. The minimum absolute atomic E-state index is 0. The number of sulfonamides is 1. The van der Waals surface area contributed by atoms with E-state index in [4.69, 9.17) is 4.74 Å². The molecule has 5 nitrogen and oxygen atoms in total. The van der Waals surface area contributed by atoms with Crippen LogP contribution in [0.3, 0.4) is 0 Å². The fraction of sp³-hybridized carbons (Fsp3) is 0.625. The Morgan fingerprint density at radius 2 is 2.00 bits per heavy atom. The fourth-order valence-electron chi connectivity index (χ4n) is 2.43. The zero-order valence-corrected chi connectivity index (χ0v) is 15.4. The van der Waals surface area contributed by atoms with Gasteiger partial charge in [-0.25, -0.2) is 13.1 Å². The number of rotatable bonds is 8. The predicted molar refractivity (Wildman–Crippen MR) is 94.9 cm³/mol. The Hall–Kier alpha value is -0.820. The Labute approximate surface area is 145 Å². The number of halogens is 1. The molecule has 1 atom stereocenters. The van der Waals surface area contributed by atoms with Crippen molar-refractivity contribution in [3.05, 3.63) is 24.3 Å². The molecule has 0 aliphatic carbocycles. The molecular weight excluding hydrogens is 336 g/mol. The second-order valence-electron chi connectivity index (χ2n) is 6.16. The maximum absolute atomic E-state index is 12.2. The molecular formula is C16H27ClN2O3S. The molecule has 1 aromatic carbocycles. The van der Waals surface area contributed by atoms with Crippen LogP contribution in [-0.4, -0.2) is 34.2 Å². The zero-order chi connectivity index (χ0) is 16.0. The lowest BCUT2D eigenvalue weighted by Crippen LogP contribution is -2.30. The van der Waals surface area contributed by atoms with Gasteiger partial charge in [0.05, 0.1) is 11.5 Å². The van der Waals surface area contributed by atoms with Crippen LogP contribution in [0.5, 0.6) is 5.75 Å². The minimum Gasteiger partial charge on any atom is -0.493 e. The van der Waals surface area contributed by atoms with Gasteiger partial charge in [0.25, 0.3) is 0 Å². The molecule has 0 bridgehead atoms. The first-order chi connectivity index (χ1) is 10.5. The van der Waals surface area contributed by atoms with Gasteiger partial charge < -0.3 is 10.1 Å². The molecule has 2 rings (SSSR count). The van der Waals surface area contributed by atoms with Crippen molar-refractivity contribution in [3.8, 4) is 5.75 Å². The molecule has 0 spiro atoms. The summed E-state index contributed by atoms with van der Waals surface area (Å²) in [6, 6.07) is 7.03. The van der Waals surface area contributed by atoms with E-state index in [0.717, 1.165) is 19.4 Å². The van der Waals surface area contributed by atoms with Crippen molar-refractivity contribution in [1.29, 1.82) is 0 Å². The highest BCUT2D eigenvalue weighted by molar-refractivity contribution is 7.89. The highest BCUT2D eigenvalue weighted by Gasteiger charge is 2.17. The lowest BCUT2D eigenvalue weighted by molar-refractivity contribution is 0.271. The molecule has 1 saturated heterocycles. The molecule has 7 heteroatoms. The van der Waals surface area contributed by atoms with Gasteiger partial charge in [0, 0.05) is 12.6 Å². The molecule has 0 saturated carbocycles. The third kappa shape index (κ3) is 6.67. The molecule has 23 heavy (non-hydrogen) atoms. The summed E-state index contributed by atoms with van der Waals surface area (Å²) in [4.78, 5) is 0.281. The molecule has 1 heterocycles. The van der Waals surface area contributed by atoms with Crippen molar-refractivity contribution in [2.24, 2.45) is 5.92 Å². The third-order valence-corrected chi connectivity index (χ3v) is 5.14. The van der Waals surface area contributed by atoms with Crippen LogP contribution in [0.25, 0.3) is 0 Å². The summed E-state index contributed by atoms with van der Waals surface area (Å²) < 4.78 is 32.6. The largest absolute Gasteiger partial charge is 0.493 e. The van der Waals surface area contributed by atoms with E-state index in [1.165, 1.54) is 6.42 Å². The molecule has 0 aromatic heterocycles. The van der Waals surface area contributed by atoms with E-state index < -0.39 is 10.0 Å². The number of benzene rings is 1. The number of ether oxygens (including phenoxy) is 1. The average Bonchev–Trinajstić information content (AvgIpc) is 2.98. The number of hydrogen-bond acceptors (Lipinski definition) is 4. The summed E-state index contributed by atoms with van der Waals surface area (Å²) in [5, 5.41) is 3.36. The molecule has 1 aromatic rings. The molecule has 1 aliphatic rings. The van der Waals surface area contributed by atoms with Gasteiger partial charge >= 0.3 is 0 Å². The second kappa shape index (κ2) is 9.47. The number of nitrogens with one attached hydrogen (secondary N) is 2. The monoisotopic (exact) mass is 362 g/mol. The van der Waals surface area contributed by atoms with Crippen LogP contribution in [0, 0.1) is 5.92 Å². The number of hydrogen-bond donors (Lipinski definition) is 2. The molecule has 0 radical (unpaired) electrons. The first-order valence-electron chi connectivity index (χ1n) is 7.93. The van der Waals surface area contributed by atoms with Crippen LogP contribution < -0.4 is 14.8 Å². The topological polar surface area (TPSA) is 67.4 Å². The second-order valence-corrected chi connectivity index (χ2v) is 7.92. The molecule has 2 N–H and O–H groups in total. The summed E-state index contributed by atoms with van der Waals surface area (Å²) >= 11 is 0. The average molecular weight is 363 g/mol. The summed E-state index contributed by atoms with van der Waals surface area (Å²) in [5.74, 6) is 1.14. The smallest absolute Gasteiger partial charge is 0.240 e. The highest BCUT2D eigenvalue weighted by Crippen LogP contribution is 2.17. The van der Waals surface area contributed by atoms with E-state index in [-0.39, 0.29) is 17.3 Å². The Balaban J connectivity index is 0.00000264. The molecule has 0 unspecified atom stereocenters. The van der Waals surface area contributed by atoms with Gasteiger partial charge in [-0.1, -0.05) is 13.8 Å². The van der Waals surface area contributed by atoms with Gasteiger partial charge in [0.1, 0.15) is 5.75 Å². The van der Waals surface area contributed by atoms with E-state index in [2.05, 4.69) is 23.9 Å². The Kier molecular flexibility index (Phi) is 8.33. The van der Waals surface area contributed by atoms with Gasteiger partial charge in [-0.3, -0.25) is 0 Å². The Bertz CT molecular complexity index is 555. The van der Waals surface area contributed by atoms with Crippen LogP contribution in [0.1, 0.15) is 33.1 Å². The molecule has 1 aliphatic heterocycles. The van der Waals surface area contributed by atoms with Crippen molar-refractivity contribution in [3.63, 3.8) is 0 Å². The van der Waals surface area contributed by atoms with Gasteiger partial charge in [-0.15, -0.1) is 12.4 Å². The first kappa shape index (κ1) is 20.2. The van der Waals surface area contributed by atoms with Crippen LogP contribution in [-0.2, 0) is 10.0 Å². The maximum Gasteiger partial charge on any atom is 0.240 e. The van der Waals surface area contributed by atoms with E-state index in [0.29, 0.717) is 30.9 Å². The van der Waals surface area contributed by atoms with Crippen LogP contribution >= 0.6 is 12.4 Å². The molecule has 1 fully saturated rings. The van der Waals surface area contributed by atoms with Gasteiger partial charge in [0.2, 0.25) is 10.0 Å². The fourth-order valence-corrected chi connectivity index (χ4v) is 3.48. The van der Waals surface area contributed by atoms with Gasteiger partial charge in [-0.05, 0) is 56.0 Å². The first-order valence-corrected chi connectivity index (χ1v) is 9.41. The van der Waals surface area contributed by atoms with E-state index in [1.54, 1.807) is 24.3 Å². The third-order valence-electron chi connectivity index (χ3n) is 3.66. The normalized spacial score (nSPS) is 18.0. The quantitative estimate of drug-likeness (QED) is 0.745. The SMILES string of the molecule is CC(C)COc1ccc(S(=O)(=O)NCC[C@H]2CCCN2)cc1.Cl. The van der Waals surface area contributed by atoms with Gasteiger partial charge in [0.15, 0.2) is 0 Å². The van der Waals surface area contributed by atoms with Crippen LogP contribution in [0.2, 0.25) is 0 Å². The van der Waals surface area contributed by atoms with Crippen molar-refractivity contribution >= 4 is 22.4 Å². The van der Waals surface area contributed by atoms with Crippen LogP contribution in [0.15, 0.2) is 29.2 Å². The van der Waals surface area contributed by atoms with Crippen molar-refractivity contribution in [2.75, 3.05) is 19.7 Å². The summed E-state index contributed by atoms with van der Waals surface area (Å²) in [6.07, 6.45) is 3.13. The van der Waals surface area contributed by atoms with Crippen molar-refractivity contribution < 1.29 is 13.2 Å². The Morgan fingerprint density at radius 1 is 1.30 bits per heavy atom. The molecule has 0 amide bonds. The van der Waals surface area contributed by atoms with E-state index in [1.807, 2.05) is 0 Å². The van der Waals surface area contributed by atoms with E-state index in [9.17, 15) is 8.42 Å². The standard InChI is InChI=1S/C16H26N2O3S.ClH/c1-13(2)12-21-15-5-7-16(8-6-15)22(19,20)18-11-9-14-4-3-10-17-14;/h5-8,13-14,17-18H,3-4,9-12H2,1-2H3;1H/t14-;/m1./s1. The highest BCUT2D eigenvalue weighted by atomic mass is 35.5. The van der Waals surface area contributed by atoms with Crippen molar-refractivity contribution in [1.82, 2.24) is 10.0 Å². The minimum atomic E-state index is -3.43. The van der Waals surface area contributed by atoms with E-state index >= 15 is 0 Å². The van der Waals surface area contributed by atoms with Crippen LogP contribution in [0.4, 0.5) is 0 Å². The lowest BCUT2D eigenvalue weighted by Gasteiger charge is -2.12. The van der Waals surface area contributed by atoms with Gasteiger partial charge in [-0.2, -0.15) is 0 Å². The molecule has 132 valence electrons. The predicted octanol–water partition coefficient (Wildman–Crippen LogP) is 2.56.